The van der Waals surface area contributed by atoms with Crippen LogP contribution in [0.25, 0.3) is 0 Å². The Morgan fingerprint density at radius 2 is 1.83 bits per heavy atom. The normalized spacial score (nSPS) is 27.1. The van der Waals surface area contributed by atoms with Gasteiger partial charge >= 0.3 is 0 Å². The molecule has 4 heteroatoms. The van der Waals surface area contributed by atoms with Crippen LogP contribution in [0.3, 0.4) is 0 Å². The molecule has 1 amide bonds. The Morgan fingerprint density at radius 1 is 1.12 bits per heavy atom. The van der Waals surface area contributed by atoms with Crippen molar-refractivity contribution < 1.29 is 4.79 Å². The lowest BCUT2D eigenvalue weighted by molar-refractivity contribution is -0.123. The maximum atomic E-state index is 12.7. The van der Waals surface area contributed by atoms with E-state index in [4.69, 9.17) is 0 Å². The van der Waals surface area contributed by atoms with E-state index < -0.39 is 0 Å². The first-order chi connectivity index (χ1) is 11.7. The monoisotopic (exact) mass is 344 g/mol. The lowest BCUT2D eigenvalue weighted by atomic mass is 9.91. The Labute approximate surface area is 149 Å². The third-order valence-electron chi connectivity index (χ3n) is 6.28. The van der Waals surface area contributed by atoms with E-state index in [1.54, 1.807) is 0 Å². The molecule has 1 aromatic carbocycles. The van der Waals surface area contributed by atoms with Crippen LogP contribution in [-0.2, 0) is 4.79 Å². The zero-order valence-electron chi connectivity index (χ0n) is 14.4. The van der Waals surface area contributed by atoms with Crippen LogP contribution in [0.15, 0.2) is 35.2 Å². The van der Waals surface area contributed by atoms with E-state index in [0.29, 0.717) is 11.3 Å². The molecule has 0 aromatic heterocycles. The third kappa shape index (κ3) is 3.36. The van der Waals surface area contributed by atoms with Crippen LogP contribution in [-0.4, -0.2) is 30.3 Å². The maximum Gasteiger partial charge on any atom is 0.223 e. The van der Waals surface area contributed by atoms with Crippen molar-refractivity contribution in [1.82, 2.24) is 10.6 Å². The molecule has 24 heavy (non-hydrogen) atoms. The molecule has 130 valence electrons. The van der Waals surface area contributed by atoms with Gasteiger partial charge in [-0.25, -0.2) is 0 Å². The number of nitrogens with one attached hydrogen (secondary N) is 2. The van der Waals surface area contributed by atoms with E-state index in [1.807, 2.05) is 11.8 Å². The molecule has 1 saturated heterocycles. The van der Waals surface area contributed by atoms with E-state index >= 15 is 0 Å². The third-order valence-corrected chi connectivity index (χ3v) is 7.78. The van der Waals surface area contributed by atoms with Crippen LogP contribution >= 0.6 is 11.8 Å². The first-order valence-corrected chi connectivity index (χ1v) is 10.3. The molecule has 1 unspecified atom stereocenters. The standard InChI is InChI=1S/C20H28N2OS/c23-18(17-14-19(17)10-12-21-13-11-19)22-15-20(8-4-5-9-20)24-16-6-2-1-3-7-16/h1-3,6-7,17,21H,4-5,8-15H2,(H,22,23). The van der Waals surface area contributed by atoms with Crippen LogP contribution in [0.1, 0.15) is 44.9 Å². The number of rotatable bonds is 5. The van der Waals surface area contributed by atoms with Gasteiger partial charge in [-0.2, -0.15) is 0 Å². The van der Waals surface area contributed by atoms with Crippen molar-refractivity contribution in [3.63, 3.8) is 0 Å². The molecule has 1 aliphatic heterocycles. The quantitative estimate of drug-likeness (QED) is 0.857. The van der Waals surface area contributed by atoms with E-state index in [-0.39, 0.29) is 10.7 Å². The second kappa shape index (κ2) is 6.72. The molecule has 0 radical (unpaired) electrons. The predicted octanol–water partition coefficient (Wildman–Crippen LogP) is 3.60. The van der Waals surface area contributed by atoms with Gasteiger partial charge < -0.3 is 10.6 Å². The zero-order valence-corrected chi connectivity index (χ0v) is 15.2. The highest BCUT2D eigenvalue weighted by molar-refractivity contribution is 8.00. The minimum atomic E-state index is 0.202. The van der Waals surface area contributed by atoms with Crippen LogP contribution in [0, 0.1) is 11.3 Å². The van der Waals surface area contributed by atoms with Gasteiger partial charge in [0.05, 0.1) is 0 Å². The Morgan fingerprint density at radius 3 is 2.54 bits per heavy atom. The first kappa shape index (κ1) is 16.5. The minimum Gasteiger partial charge on any atom is -0.354 e. The summed E-state index contributed by atoms with van der Waals surface area (Å²) < 4.78 is 0.202. The second-order valence-corrected chi connectivity index (χ2v) is 9.43. The summed E-state index contributed by atoms with van der Waals surface area (Å²) in [5.41, 5.74) is 0.338. The Hall–Kier alpha value is -1.00. The zero-order chi connectivity index (χ0) is 16.5. The van der Waals surface area contributed by atoms with Crippen LogP contribution in [0.4, 0.5) is 0 Å². The van der Waals surface area contributed by atoms with Gasteiger partial charge in [-0.1, -0.05) is 31.0 Å². The smallest absolute Gasteiger partial charge is 0.223 e. The van der Waals surface area contributed by atoms with Gasteiger partial charge in [-0.15, -0.1) is 11.8 Å². The molecule has 1 atom stereocenters. The predicted molar refractivity (Wildman–Crippen MR) is 99.2 cm³/mol. The second-order valence-electron chi connectivity index (χ2n) is 7.89. The van der Waals surface area contributed by atoms with Gasteiger partial charge in [-0.05, 0) is 62.7 Å². The molecule has 1 spiro atoms. The summed E-state index contributed by atoms with van der Waals surface area (Å²) >= 11 is 1.98. The summed E-state index contributed by atoms with van der Waals surface area (Å²) in [6.07, 6.45) is 8.46. The first-order valence-electron chi connectivity index (χ1n) is 9.44. The average molecular weight is 345 g/mol. The molecule has 2 aliphatic carbocycles. The van der Waals surface area contributed by atoms with Gasteiger partial charge in [-0.3, -0.25) is 4.79 Å². The van der Waals surface area contributed by atoms with E-state index in [9.17, 15) is 4.79 Å². The molecule has 4 rings (SSSR count). The summed E-state index contributed by atoms with van der Waals surface area (Å²) in [6.45, 7) is 2.99. The highest BCUT2D eigenvalue weighted by atomic mass is 32.2. The Bertz CT molecular complexity index is 577. The number of amides is 1. The molecule has 3 nitrogen and oxygen atoms in total. The lowest BCUT2D eigenvalue weighted by Crippen LogP contribution is -2.40. The number of thioether (sulfide) groups is 1. The van der Waals surface area contributed by atoms with Crippen molar-refractivity contribution in [3.05, 3.63) is 30.3 Å². The number of piperidine rings is 1. The average Bonchev–Trinajstić information content (AvgIpc) is 3.10. The van der Waals surface area contributed by atoms with E-state index in [2.05, 4.69) is 41.0 Å². The molecule has 2 saturated carbocycles. The summed E-state index contributed by atoms with van der Waals surface area (Å²) in [6, 6.07) is 10.7. The Balaban J connectivity index is 1.35. The molecule has 2 N–H and O–H groups in total. The number of hydrogen-bond donors (Lipinski definition) is 2. The fraction of sp³-hybridized carbons (Fsp3) is 0.650. The van der Waals surface area contributed by atoms with Gasteiger partial charge in [0.15, 0.2) is 0 Å². The summed E-state index contributed by atoms with van der Waals surface area (Å²) in [4.78, 5) is 14.0. The molecular formula is C20H28N2OS. The molecule has 1 aromatic rings. The number of hydrogen-bond acceptors (Lipinski definition) is 3. The molecular weight excluding hydrogens is 316 g/mol. The molecule has 3 aliphatic rings. The van der Waals surface area contributed by atoms with Gasteiger partial charge in [0.2, 0.25) is 5.91 Å². The number of carbonyl (C=O) groups is 1. The van der Waals surface area contributed by atoms with Crippen molar-refractivity contribution in [3.8, 4) is 0 Å². The van der Waals surface area contributed by atoms with E-state index in [0.717, 1.165) is 26.1 Å². The van der Waals surface area contributed by atoms with Gasteiger partial charge in [0.1, 0.15) is 0 Å². The minimum absolute atomic E-state index is 0.202. The fourth-order valence-electron chi connectivity index (χ4n) is 4.64. The fourth-order valence-corrected chi connectivity index (χ4v) is 6.07. The summed E-state index contributed by atoms with van der Waals surface area (Å²) in [5, 5.41) is 6.75. The van der Waals surface area contributed by atoms with Gasteiger partial charge in [0, 0.05) is 22.1 Å². The highest BCUT2D eigenvalue weighted by Crippen LogP contribution is 2.58. The van der Waals surface area contributed by atoms with Crippen molar-refractivity contribution >= 4 is 17.7 Å². The lowest BCUT2D eigenvalue weighted by Gasteiger charge is -2.29. The van der Waals surface area contributed by atoms with Crippen molar-refractivity contribution in [1.29, 1.82) is 0 Å². The molecule has 0 bridgehead atoms. The molecule has 1 heterocycles. The SMILES string of the molecule is O=C(NCC1(Sc2ccccc2)CCCC1)C1CC12CCNCC2. The van der Waals surface area contributed by atoms with Crippen LogP contribution in [0.2, 0.25) is 0 Å². The highest BCUT2D eigenvalue weighted by Gasteiger charge is 2.57. The molecule has 3 fully saturated rings. The Kier molecular flexibility index (Phi) is 4.61. The van der Waals surface area contributed by atoms with Crippen molar-refractivity contribution in [2.75, 3.05) is 19.6 Å². The number of carbonyl (C=O) groups excluding carboxylic acids is 1. The van der Waals surface area contributed by atoms with Crippen molar-refractivity contribution in [2.45, 2.75) is 54.6 Å². The summed E-state index contributed by atoms with van der Waals surface area (Å²) in [5.74, 6) is 0.594. The van der Waals surface area contributed by atoms with Crippen molar-refractivity contribution in [2.24, 2.45) is 11.3 Å². The summed E-state index contributed by atoms with van der Waals surface area (Å²) in [7, 11) is 0. The van der Waals surface area contributed by atoms with E-state index in [1.165, 1.54) is 43.4 Å². The van der Waals surface area contributed by atoms with Crippen LogP contribution in [0.5, 0.6) is 0 Å². The number of benzene rings is 1. The largest absolute Gasteiger partial charge is 0.354 e. The van der Waals surface area contributed by atoms with Gasteiger partial charge in [0.25, 0.3) is 0 Å². The maximum absolute atomic E-state index is 12.7. The topological polar surface area (TPSA) is 41.1 Å². The van der Waals surface area contributed by atoms with Crippen LogP contribution < -0.4 is 10.6 Å².